The zero-order chi connectivity index (χ0) is 17.9. The van der Waals surface area contributed by atoms with Crippen LogP contribution in [-0.2, 0) is 4.79 Å². The van der Waals surface area contributed by atoms with Crippen molar-refractivity contribution in [2.45, 2.75) is 39.9 Å². The molecular formula is C21H26O3. The summed E-state index contributed by atoms with van der Waals surface area (Å²) in [5, 5.41) is 21.0. The predicted octanol–water partition coefficient (Wildman–Crippen LogP) is 3.91. The van der Waals surface area contributed by atoms with E-state index in [1.807, 2.05) is 62.4 Å². The quantitative estimate of drug-likeness (QED) is 0.846. The van der Waals surface area contributed by atoms with Crippen LogP contribution in [-0.4, -0.2) is 16.0 Å². The Balaban J connectivity index is 2.10. The van der Waals surface area contributed by atoms with E-state index in [-0.39, 0.29) is 5.78 Å². The Hall–Kier alpha value is -1.97. The first-order chi connectivity index (χ1) is 11.3. The molecule has 0 aliphatic carbocycles. The summed E-state index contributed by atoms with van der Waals surface area (Å²) in [5.41, 5.74) is 3.65. The van der Waals surface area contributed by atoms with E-state index in [0.717, 1.165) is 22.3 Å². The topological polar surface area (TPSA) is 57.5 Å². The van der Waals surface area contributed by atoms with Crippen LogP contribution in [0, 0.1) is 25.7 Å². The standard InChI is InChI=1S/C21H26O3/c1-13-5-9-17(10-6-13)20(23)15(3)19(22)16(4)21(24)18-11-7-14(2)8-12-18/h5-12,15-16,20-21,23-24H,1-4H3/t15-,16-,20-,21-/m1/s1. The van der Waals surface area contributed by atoms with Crippen molar-refractivity contribution in [1.82, 2.24) is 0 Å². The second-order valence-electron chi connectivity index (χ2n) is 6.69. The first-order valence-corrected chi connectivity index (χ1v) is 8.34. The molecule has 24 heavy (non-hydrogen) atoms. The van der Waals surface area contributed by atoms with Crippen molar-refractivity contribution in [3.8, 4) is 0 Å². The third-order valence-electron chi connectivity index (χ3n) is 4.68. The smallest absolute Gasteiger partial charge is 0.144 e. The zero-order valence-corrected chi connectivity index (χ0v) is 14.7. The van der Waals surface area contributed by atoms with Gasteiger partial charge in [-0.3, -0.25) is 4.79 Å². The maximum Gasteiger partial charge on any atom is 0.144 e. The first-order valence-electron chi connectivity index (χ1n) is 8.34. The van der Waals surface area contributed by atoms with Gasteiger partial charge in [-0.25, -0.2) is 0 Å². The molecule has 2 rings (SSSR count). The van der Waals surface area contributed by atoms with Gasteiger partial charge in [-0.2, -0.15) is 0 Å². The Morgan fingerprint density at radius 2 is 1.00 bits per heavy atom. The molecule has 0 amide bonds. The molecule has 2 aromatic carbocycles. The highest BCUT2D eigenvalue weighted by molar-refractivity contribution is 5.84. The molecule has 4 atom stereocenters. The number of hydrogen-bond acceptors (Lipinski definition) is 3. The van der Waals surface area contributed by atoms with Gasteiger partial charge in [0, 0.05) is 11.8 Å². The first kappa shape index (κ1) is 18.4. The van der Waals surface area contributed by atoms with Crippen LogP contribution in [0.25, 0.3) is 0 Å². The summed E-state index contributed by atoms with van der Waals surface area (Å²) in [6.07, 6.45) is -1.74. The second kappa shape index (κ2) is 7.73. The van der Waals surface area contributed by atoms with Gasteiger partial charge < -0.3 is 10.2 Å². The largest absolute Gasteiger partial charge is 0.388 e. The Morgan fingerprint density at radius 1 is 0.708 bits per heavy atom. The number of carbonyl (C=O) groups is 1. The normalized spacial score (nSPS) is 16.2. The number of carbonyl (C=O) groups excluding carboxylic acids is 1. The summed E-state index contributed by atoms with van der Waals surface area (Å²) < 4.78 is 0. The Kier molecular flexibility index (Phi) is 5.92. The highest BCUT2D eigenvalue weighted by atomic mass is 16.3. The van der Waals surface area contributed by atoms with E-state index in [1.165, 1.54) is 0 Å². The van der Waals surface area contributed by atoms with Gasteiger partial charge in [-0.1, -0.05) is 73.5 Å². The maximum absolute atomic E-state index is 12.7. The van der Waals surface area contributed by atoms with Crippen LogP contribution in [0.5, 0.6) is 0 Å². The van der Waals surface area contributed by atoms with Gasteiger partial charge in [0.2, 0.25) is 0 Å². The van der Waals surface area contributed by atoms with E-state index in [9.17, 15) is 15.0 Å². The number of aliphatic hydroxyl groups excluding tert-OH is 2. The van der Waals surface area contributed by atoms with E-state index in [2.05, 4.69) is 0 Å². The number of rotatable bonds is 6. The van der Waals surface area contributed by atoms with E-state index in [4.69, 9.17) is 0 Å². The SMILES string of the molecule is Cc1ccc([C@H](O)[C@H](C)C(=O)[C@@H](C)[C@@H](O)c2ccc(C)cc2)cc1. The van der Waals surface area contributed by atoms with Crippen LogP contribution in [0.15, 0.2) is 48.5 Å². The molecule has 0 saturated heterocycles. The fourth-order valence-electron chi connectivity index (χ4n) is 2.83. The fourth-order valence-corrected chi connectivity index (χ4v) is 2.83. The summed E-state index contributed by atoms with van der Waals surface area (Å²) in [6.45, 7) is 7.38. The van der Waals surface area contributed by atoms with Crippen molar-refractivity contribution in [2.75, 3.05) is 0 Å². The van der Waals surface area contributed by atoms with Gasteiger partial charge in [-0.05, 0) is 25.0 Å². The van der Waals surface area contributed by atoms with Gasteiger partial charge in [0.1, 0.15) is 5.78 Å². The van der Waals surface area contributed by atoms with Crippen LogP contribution in [0.3, 0.4) is 0 Å². The molecule has 2 aromatic rings. The summed E-state index contributed by atoms with van der Waals surface area (Å²) in [5.74, 6) is -1.30. The van der Waals surface area contributed by atoms with Crippen LogP contribution < -0.4 is 0 Å². The van der Waals surface area contributed by atoms with Crippen molar-refractivity contribution in [3.05, 3.63) is 70.8 Å². The van der Waals surface area contributed by atoms with Crippen LogP contribution in [0.4, 0.5) is 0 Å². The minimum Gasteiger partial charge on any atom is -0.388 e. The van der Waals surface area contributed by atoms with E-state index >= 15 is 0 Å². The summed E-state index contributed by atoms with van der Waals surface area (Å²) >= 11 is 0. The molecular weight excluding hydrogens is 300 g/mol. The van der Waals surface area contributed by atoms with Crippen molar-refractivity contribution in [1.29, 1.82) is 0 Å². The average Bonchev–Trinajstić information content (AvgIpc) is 2.60. The minimum absolute atomic E-state index is 0.142. The third kappa shape index (κ3) is 4.11. The third-order valence-corrected chi connectivity index (χ3v) is 4.68. The highest BCUT2D eigenvalue weighted by Gasteiger charge is 2.31. The lowest BCUT2D eigenvalue weighted by Crippen LogP contribution is -2.28. The Bertz CT molecular complexity index is 614. The lowest BCUT2D eigenvalue weighted by atomic mass is 9.83. The fraction of sp³-hybridized carbons (Fsp3) is 0.381. The molecule has 0 spiro atoms. The summed E-state index contributed by atoms with van der Waals surface area (Å²) in [7, 11) is 0. The van der Waals surface area contributed by atoms with Crippen molar-refractivity contribution in [3.63, 3.8) is 0 Å². The van der Waals surface area contributed by atoms with Crippen LogP contribution >= 0.6 is 0 Å². The zero-order valence-electron chi connectivity index (χ0n) is 14.7. The number of aryl methyl sites for hydroxylation is 2. The van der Waals surface area contributed by atoms with E-state index in [0.29, 0.717) is 0 Å². The van der Waals surface area contributed by atoms with Crippen LogP contribution in [0.1, 0.15) is 48.3 Å². The van der Waals surface area contributed by atoms with Crippen molar-refractivity contribution < 1.29 is 15.0 Å². The summed E-state index contributed by atoms with van der Waals surface area (Å²) in [4.78, 5) is 12.7. The maximum atomic E-state index is 12.7. The number of ketones is 1. The molecule has 0 aromatic heterocycles. The lowest BCUT2D eigenvalue weighted by Gasteiger charge is -2.25. The Morgan fingerprint density at radius 3 is 1.29 bits per heavy atom. The van der Waals surface area contributed by atoms with Crippen LogP contribution in [0.2, 0.25) is 0 Å². The van der Waals surface area contributed by atoms with Crippen molar-refractivity contribution >= 4 is 5.78 Å². The van der Waals surface area contributed by atoms with Gasteiger partial charge in [-0.15, -0.1) is 0 Å². The van der Waals surface area contributed by atoms with Gasteiger partial charge in [0.25, 0.3) is 0 Å². The van der Waals surface area contributed by atoms with Gasteiger partial charge in [0.15, 0.2) is 0 Å². The molecule has 0 radical (unpaired) electrons. The predicted molar refractivity (Wildman–Crippen MR) is 95.6 cm³/mol. The molecule has 3 nitrogen and oxygen atoms in total. The van der Waals surface area contributed by atoms with E-state index in [1.54, 1.807) is 13.8 Å². The average molecular weight is 326 g/mol. The van der Waals surface area contributed by atoms with Gasteiger partial charge >= 0.3 is 0 Å². The number of Topliss-reactive ketones (excluding diaryl/α,β-unsaturated/α-hetero) is 1. The molecule has 0 aliphatic heterocycles. The Labute approximate surface area is 144 Å². The van der Waals surface area contributed by atoms with Crippen molar-refractivity contribution in [2.24, 2.45) is 11.8 Å². The second-order valence-corrected chi connectivity index (χ2v) is 6.69. The lowest BCUT2D eigenvalue weighted by molar-refractivity contribution is -0.132. The molecule has 0 heterocycles. The molecule has 0 unspecified atom stereocenters. The molecule has 0 fully saturated rings. The number of hydrogen-bond donors (Lipinski definition) is 2. The summed E-state index contributed by atoms with van der Waals surface area (Å²) in [6, 6.07) is 15.0. The monoisotopic (exact) mass is 326 g/mol. The molecule has 3 heteroatoms. The molecule has 0 saturated carbocycles. The number of aliphatic hydroxyl groups is 2. The minimum atomic E-state index is -0.870. The molecule has 2 N–H and O–H groups in total. The number of benzene rings is 2. The molecule has 0 bridgehead atoms. The highest BCUT2D eigenvalue weighted by Crippen LogP contribution is 2.30. The van der Waals surface area contributed by atoms with Gasteiger partial charge in [0.05, 0.1) is 12.2 Å². The van der Waals surface area contributed by atoms with E-state index < -0.39 is 24.0 Å². The molecule has 128 valence electrons. The molecule has 0 aliphatic rings.